The van der Waals surface area contributed by atoms with Gasteiger partial charge in [-0.05, 0) is 45.7 Å². The number of carbonyl (C=O) groups is 3. The van der Waals surface area contributed by atoms with E-state index in [4.69, 9.17) is 9.47 Å². The quantitative estimate of drug-likeness (QED) is 0.219. The number of fused-ring (bicyclic) bond motifs is 1. The number of urea groups is 1. The number of hydrogen-bond acceptors (Lipinski definition) is 7. The summed E-state index contributed by atoms with van der Waals surface area (Å²) >= 11 is 0. The Bertz CT molecular complexity index is 1170. The number of likely N-dealkylation sites (tertiary alicyclic amines) is 1. The molecular formula is C26H43N7O5Si. The SMILES string of the molecule is CNC(=O)NNC(=O)c1cnc2c(ccn2COCC[Si](C)(C)C)c1NC1CCCN(C(=O)OC(C)(C)C)C1. The predicted molar refractivity (Wildman–Crippen MR) is 153 cm³/mol. The average Bonchev–Trinajstić information content (AvgIpc) is 3.27. The molecule has 4 amide bonds. The molecule has 1 aliphatic rings. The van der Waals surface area contributed by atoms with Crippen LogP contribution in [-0.2, 0) is 16.2 Å². The Morgan fingerprint density at radius 3 is 2.59 bits per heavy atom. The van der Waals surface area contributed by atoms with Gasteiger partial charge < -0.3 is 29.6 Å². The molecule has 1 aliphatic heterocycles. The van der Waals surface area contributed by atoms with Gasteiger partial charge in [0, 0.05) is 58.6 Å². The zero-order valence-corrected chi connectivity index (χ0v) is 25.1. The van der Waals surface area contributed by atoms with E-state index < -0.39 is 25.6 Å². The van der Waals surface area contributed by atoms with Gasteiger partial charge in [0.25, 0.3) is 5.91 Å². The Morgan fingerprint density at radius 1 is 1.18 bits per heavy atom. The first-order valence-electron chi connectivity index (χ1n) is 13.4. The summed E-state index contributed by atoms with van der Waals surface area (Å²) in [6, 6.07) is 2.29. The van der Waals surface area contributed by atoms with Crippen LogP contribution in [0.4, 0.5) is 15.3 Å². The summed E-state index contributed by atoms with van der Waals surface area (Å²) in [6.07, 6.45) is 4.61. The van der Waals surface area contributed by atoms with Crippen LogP contribution in [0.15, 0.2) is 18.5 Å². The molecule has 13 heteroatoms. The second kappa shape index (κ2) is 12.7. The molecule has 12 nitrogen and oxygen atoms in total. The molecule has 2 aromatic heterocycles. The molecule has 0 saturated carbocycles. The number of hydrazine groups is 1. The molecule has 4 N–H and O–H groups in total. The second-order valence-electron chi connectivity index (χ2n) is 12.0. The number of ether oxygens (including phenoxy) is 2. The molecule has 1 atom stereocenters. The molecule has 3 heterocycles. The highest BCUT2D eigenvalue weighted by atomic mass is 28.3. The van der Waals surface area contributed by atoms with Crippen LogP contribution >= 0.6 is 0 Å². The van der Waals surface area contributed by atoms with E-state index in [1.54, 1.807) is 4.90 Å². The molecule has 1 unspecified atom stereocenters. The number of anilines is 1. The van der Waals surface area contributed by atoms with E-state index >= 15 is 0 Å². The summed E-state index contributed by atoms with van der Waals surface area (Å²) in [5.41, 5.74) is 5.65. The molecule has 0 radical (unpaired) electrons. The number of amides is 4. The number of piperidine rings is 1. The van der Waals surface area contributed by atoms with Crippen LogP contribution < -0.4 is 21.5 Å². The summed E-state index contributed by atoms with van der Waals surface area (Å²) in [7, 11) is 0.246. The van der Waals surface area contributed by atoms with Gasteiger partial charge in [0.1, 0.15) is 18.0 Å². The van der Waals surface area contributed by atoms with Gasteiger partial charge in [0.05, 0.1) is 11.3 Å². The number of carbonyl (C=O) groups excluding carboxylic acids is 3. The number of nitrogens with one attached hydrogen (secondary N) is 4. The molecule has 1 fully saturated rings. The molecular weight excluding hydrogens is 518 g/mol. The molecule has 2 aromatic rings. The minimum atomic E-state index is -1.21. The van der Waals surface area contributed by atoms with Gasteiger partial charge in [0.15, 0.2) is 0 Å². The largest absolute Gasteiger partial charge is 0.444 e. The number of hydrogen-bond donors (Lipinski definition) is 4. The number of aromatic nitrogens is 2. The Morgan fingerprint density at radius 2 is 1.92 bits per heavy atom. The molecule has 3 rings (SSSR count). The molecule has 0 aromatic carbocycles. The zero-order valence-electron chi connectivity index (χ0n) is 24.1. The summed E-state index contributed by atoms with van der Waals surface area (Å²) in [5, 5.41) is 6.63. The number of pyridine rings is 1. The molecule has 0 spiro atoms. The van der Waals surface area contributed by atoms with Crippen molar-refractivity contribution in [1.82, 2.24) is 30.6 Å². The standard InChI is InChI=1S/C26H43N7O5Si/c1-26(2,3)38-25(36)32-11-8-9-18(16-32)29-21-19-10-12-33(17-37-13-14-39(5,6)7)22(19)28-15-20(21)23(34)30-31-24(35)27-4/h10,12,15,18H,8-9,11,13-14,16-17H2,1-7H3,(H,28,29)(H,30,34)(H2,27,31,35). The van der Waals surface area contributed by atoms with Crippen molar-refractivity contribution in [1.29, 1.82) is 0 Å². The van der Waals surface area contributed by atoms with Crippen LogP contribution in [0.2, 0.25) is 25.7 Å². The van der Waals surface area contributed by atoms with Gasteiger partial charge in [-0.3, -0.25) is 10.2 Å². The third-order valence-corrected chi connectivity index (χ3v) is 7.90. The van der Waals surface area contributed by atoms with Crippen molar-refractivity contribution in [3.05, 3.63) is 24.0 Å². The smallest absolute Gasteiger partial charge is 0.410 e. The average molecular weight is 562 g/mol. The van der Waals surface area contributed by atoms with Crippen LogP contribution in [0.5, 0.6) is 0 Å². The zero-order chi connectivity index (χ0) is 28.8. The van der Waals surface area contributed by atoms with E-state index in [-0.39, 0.29) is 17.7 Å². The third kappa shape index (κ3) is 8.85. The lowest BCUT2D eigenvalue weighted by Crippen LogP contribution is -2.47. The van der Waals surface area contributed by atoms with Crippen molar-refractivity contribution in [3.63, 3.8) is 0 Å². The van der Waals surface area contributed by atoms with E-state index in [2.05, 4.69) is 46.1 Å². The minimum Gasteiger partial charge on any atom is -0.444 e. The normalized spacial score (nSPS) is 16.1. The maximum Gasteiger partial charge on any atom is 0.410 e. The first kappa shape index (κ1) is 30.2. The summed E-state index contributed by atoms with van der Waals surface area (Å²) < 4.78 is 13.4. The first-order valence-corrected chi connectivity index (χ1v) is 17.1. The maximum absolute atomic E-state index is 13.1. The minimum absolute atomic E-state index is 0.119. The maximum atomic E-state index is 13.1. The number of nitrogens with zero attached hydrogens (tertiary/aromatic N) is 3. The van der Waals surface area contributed by atoms with Crippen LogP contribution in [-0.4, -0.2) is 78.9 Å². The van der Waals surface area contributed by atoms with Crippen molar-refractivity contribution >= 4 is 42.8 Å². The Balaban J connectivity index is 1.85. The Hall–Kier alpha value is -3.32. The van der Waals surface area contributed by atoms with E-state index in [1.165, 1.54) is 13.2 Å². The lowest BCUT2D eigenvalue weighted by atomic mass is 10.0. The number of rotatable bonds is 8. The third-order valence-electron chi connectivity index (χ3n) is 6.20. The van der Waals surface area contributed by atoms with E-state index in [0.717, 1.165) is 24.3 Å². The lowest BCUT2D eigenvalue weighted by Gasteiger charge is -2.35. The summed E-state index contributed by atoms with van der Waals surface area (Å²) in [5.74, 6) is -0.519. The molecule has 216 valence electrons. The van der Waals surface area contributed by atoms with Gasteiger partial charge >= 0.3 is 12.1 Å². The van der Waals surface area contributed by atoms with Gasteiger partial charge in [-0.25, -0.2) is 20.0 Å². The van der Waals surface area contributed by atoms with Crippen molar-refractivity contribution in [2.24, 2.45) is 0 Å². The van der Waals surface area contributed by atoms with Crippen LogP contribution in [0.25, 0.3) is 11.0 Å². The molecule has 39 heavy (non-hydrogen) atoms. The van der Waals surface area contributed by atoms with Crippen LogP contribution in [0.3, 0.4) is 0 Å². The topological polar surface area (TPSA) is 139 Å². The monoisotopic (exact) mass is 561 g/mol. The highest BCUT2D eigenvalue weighted by molar-refractivity contribution is 6.76. The fourth-order valence-corrected chi connectivity index (χ4v) is 4.90. The summed E-state index contributed by atoms with van der Waals surface area (Å²) in [6.45, 7) is 14.5. The molecule has 1 saturated heterocycles. The van der Waals surface area contributed by atoms with Crippen molar-refractivity contribution < 1.29 is 23.9 Å². The van der Waals surface area contributed by atoms with E-state index in [1.807, 2.05) is 37.6 Å². The van der Waals surface area contributed by atoms with Gasteiger partial charge in [-0.1, -0.05) is 19.6 Å². The predicted octanol–water partition coefficient (Wildman–Crippen LogP) is 3.73. The fourth-order valence-electron chi connectivity index (χ4n) is 4.15. The first-order chi connectivity index (χ1) is 18.3. The van der Waals surface area contributed by atoms with Crippen molar-refractivity contribution in [3.8, 4) is 0 Å². The molecule has 0 aliphatic carbocycles. The Labute approximate surface area is 231 Å². The van der Waals surface area contributed by atoms with Crippen molar-refractivity contribution in [2.45, 2.75) is 77.7 Å². The highest BCUT2D eigenvalue weighted by Gasteiger charge is 2.29. The van der Waals surface area contributed by atoms with Gasteiger partial charge in [0.2, 0.25) is 0 Å². The van der Waals surface area contributed by atoms with Crippen molar-refractivity contribution in [2.75, 3.05) is 32.1 Å². The van der Waals surface area contributed by atoms with Crippen LogP contribution in [0, 0.1) is 0 Å². The van der Waals surface area contributed by atoms with Gasteiger partial charge in [-0.15, -0.1) is 0 Å². The van der Waals surface area contributed by atoms with Gasteiger partial charge in [-0.2, -0.15) is 0 Å². The summed E-state index contributed by atoms with van der Waals surface area (Å²) in [4.78, 5) is 43.6. The lowest BCUT2D eigenvalue weighted by molar-refractivity contribution is 0.0206. The Kier molecular flexibility index (Phi) is 9.83. The highest BCUT2D eigenvalue weighted by Crippen LogP contribution is 2.29. The fraction of sp³-hybridized carbons (Fsp3) is 0.615. The van der Waals surface area contributed by atoms with E-state index in [0.29, 0.717) is 37.8 Å². The second-order valence-corrected chi connectivity index (χ2v) is 17.6. The van der Waals surface area contributed by atoms with E-state index in [9.17, 15) is 14.4 Å². The molecule has 0 bridgehead atoms. The van der Waals surface area contributed by atoms with Crippen LogP contribution in [0.1, 0.15) is 44.0 Å².